The molecule has 5 nitrogen and oxygen atoms in total. The fraction of sp³-hybridized carbons (Fsp3) is 0.538. The molecule has 0 heterocycles. The highest BCUT2D eigenvalue weighted by Crippen LogP contribution is 2.15. The first-order valence-electron chi connectivity index (χ1n) is 6.33. The topological polar surface area (TPSA) is 81.4 Å². The first-order chi connectivity index (χ1) is 8.86. The fourth-order valence-electron chi connectivity index (χ4n) is 1.62. The molecule has 0 saturated carbocycles. The van der Waals surface area contributed by atoms with Crippen molar-refractivity contribution in [1.29, 1.82) is 0 Å². The highest BCUT2D eigenvalue weighted by atomic mass is 32.2. The van der Waals surface area contributed by atoms with E-state index in [1.165, 1.54) is 0 Å². The summed E-state index contributed by atoms with van der Waals surface area (Å²) in [5.74, 6) is 0. The van der Waals surface area contributed by atoms with Crippen molar-refractivity contribution >= 4 is 10.0 Å². The maximum atomic E-state index is 12.1. The van der Waals surface area contributed by atoms with Gasteiger partial charge in [0.1, 0.15) is 0 Å². The van der Waals surface area contributed by atoms with Gasteiger partial charge in [-0.1, -0.05) is 12.1 Å². The Bertz CT molecular complexity index is 500. The number of hydrogen-bond donors (Lipinski definition) is 2. The summed E-state index contributed by atoms with van der Waals surface area (Å²) in [4.78, 5) is 0.228. The molecule has 0 aliphatic carbocycles. The Morgan fingerprint density at radius 1 is 1.37 bits per heavy atom. The molecular formula is C13H22N2O3S. The summed E-state index contributed by atoms with van der Waals surface area (Å²) in [5, 5.41) is 0. The summed E-state index contributed by atoms with van der Waals surface area (Å²) in [7, 11) is -3.52. The molecule has 0 aliphatic rings. The van der Waals surface area contributed by atoms with E-state index < -0.39 is 10.0 Å². The minimum atomic E-state index is -3.52. The van der Waals surface area contributed by atoms with Crippen molar-refractivity contribution in [2.24, 2.45) is 5.73 Å². The summed E-state index contributed by atoms with van der Waals surface area (Å²) in [6.45, 7) is 6.32. The van der Waals surface area contributed by atoms with Gasteiger partial charge in [0.2, 0.25) is 10.0 Å². The van der Waals surface area contributed by atoms with Crippen LogP contribution >= 0.6 is 0 Å². The summed E-state index contributed by atoms with van der Waals surface area (Å²) >= 11 is 0. The Balaban J connectivity index is 2.80. The largest absolute Gasteiger partial charge is 0.377 e. The van der Waals surface area contributed by atoms with Crippen LogP contribution < -0.4 is 10.5 Å². The molecule has 0 saturated heterocycles. The van der Waals surface area contributed by atoms with Gasteiger partial charge >= 0.3 is 0 Å². The lowest BCUT2D eigenvalue weighted by Gasteiger charge is -2.14. The minimum absolute atomic E-state index is 0.156. The molecule has 1 rings (SSSR count). The van der Waals surface area contributed by atoms with Gasteiger partial charge in [0.15, 0.2) is 0 Å². The van der Waals surface area contributed by atoms with Gasteiger partial charge in [-0.2, -0.15) is 0 Å². The van der Waals surface area contributed by atoms with Crippen LogP contribution in [-0.4, -0.2) is 27.7 Å². The molecule has 108 valence electrons. The van der Waals surface area contributed by atoms with Gasteiger partial charge < -0.3 is 10.5 Å². The van der Waals surface area contributed by atoms with Gasteiger partial charge in [0, 0.05) is 19.2 Å². The third kappa shape index (κ3) is 4.91. The van der Waals surface area contributed by atoms with E-state index >= 15 is 0 Å². The van der Waals surface area contributed by atoms with Crippen LogP contribution in [0.5, 0.6) is 0 Å². The zero-order chi connectivity index (χ0) is 14.5. The second kappa shape index (κ2) is 7.00. The Morgan fingerprint density at radius 2 is 2.05 bits per heavy atom. The van der Waals surface area contributed by atoms with Gasteiger partial charge in [-0.05, 0) is 38.5 Å². The Kier molecular flexibility index (Phi) is 5.93. The van der Waals surface area contributed by atoms with E-state index in [9.17, 15) is 8.42 Å². The predicted molar refractivity (Wildman–Crippen MR) is 75.3 cm³/mol. The number of ether oxygens (including phenoxy) is 1. The Hall–Kier alpha value is -0.950. The van der Waals surface area contributed by atoms with Gasteiger partial charge in [-0.25, -0.2) is 13.1 Å². The molecule has 0 radical (unpaired) electrons. The summed E-state index contributed by atoms with van der Waals surface area (Å²) in [6, 6.07) is 6.46. The number of rotatable bonds is 7. The molecule has 0 aliphatic heterocycles. The van der Waals surface area contributed by atoms with Gasteiger partial charge in [0.25, 0.3) is 0 Å². The predicted octanol–water partition coefficient (Wildman–Crippen LogP) is 1.41. The highest BCUT2D eigenvalue weighted by Gasteiger charge is 2.16. The highest BCUT2D eigenvalue weighted by molar-refractivity contribution is 7.89. The number of nitrogens with two attached hydrogens (primary N) is 1. The van der Waals surface area contributed by atoms with Crippen molar-refractivity contribution < 1.29 is 13.2 Å². The van der Waals surface area contributed by atoms with Gasteiger partial charge in [-0.3, -0.25) is 0 Å². The van der Waals surface area contributed by atoms with Crippen LogP contribution in [0.25, 0.3) is 0 Å². The van der Waals surface area contributed by atoms with Crippen molar-refractivity contribution in [2.75, 3.05) is 13.2 Å². The van der Waals surface area contributed by atoms with Crippen LogP contribution in [0.2, 0.25) is 0 Å². The zero-order valence-corrected chi connectivity index (χ0v) is 12.4. The molecular weight excluding hydrogens is 264 g/mol. The molecule has 0 spiro atoms. The van der Waals surface area contributed by atoms with Crippen molar-refractivity contribution in [3.05, 3.63) is 29.8 Å². The van der Waals surface area contributed by atoms with Crippen LogP contribution in [0.15, 0.2) is 29.2 Å². The quantitative estimate of drug-likeness (QED) is 0.794. The average molecular weight is 286 g/mol. The van der Waals surface area contributed by atoms with Gasteiger partial charge in [-0.15, -0.1) is 0 Å². The van der Waals surface area contributed by atoms with Crippen LogP contribution in [0.1, 0.15) is 32.4 Å². The standard InChI is InChI=1S/C13H22N2O3S/c1-4-18-10(2)9-15-19(16,17)13-7-5-6-12(8-13)11(3)14/h5-8,10-11,15H,4,9,14H2,1-3H3. The molecule has 0 aromatic heterocycles. The molecule has 6 heteroatoms. The van der Waals surface area contributed by atoms with E-state index in [0.29, 0.717) is 6.61 Å². The van der Waals surface area contributed by atoms with E-state index in [-0.39, 0.29) is 23.6 Å². The van der Waals surface area contributed by atoms with E-state index in [1.54, 1.807) is 18.2 Å². The number of benzene rings is 1. The van der Waals surface area contributed by atoms with Crippen LogP contribution in [-0.2, 0) is 14.8 Å². The third-order valence-corrected chi connectivity index (χ3v) is 4.13. The fourth-order valence-corrected chi connectivity index (χ4v) is 2.79. The molecule has 2 unspecified atom stereocenters. The first-order valence-corrected chi connectivity index (χ1v) is 7.82. The van der Waals surface area contributed by atoms with E-state index in [2.05, 4.69) is 4.72 Å². The maximum Gasteiger partial charge on any atom is 0.240 e. The summed E-state index contributed by atoms with van der Waals surface area (Å²) < 4.78 is 32.0. The second-order valence-electron chi connectivity index (χ2n) is 4.48. The molecule has 19 heavy (non-hydrogen) atoms. The molecule has 2 atom stereocenters. The van der Waals surface area contributed by atoms with Crippen LogP contribution in [0.3, 0.4) is 0 Å². The number of sulfonamides is 1. The minimum Gasteiger partial charge on any atom is -0.377 e. The maximum absolute atomic E-state index is 12.1. The number of hydrogen-bond acceptors (Lipinski definition) is 4. The van der Waals surface area contributed by atoms with Gasteiger partial charge in [0.05, 0.1) is 11.0 Å². The lowest BCUT2D eigenvalue weighted by molar-refractivity contribution is 0.0799. The molecule has 0 bridgehead atoms. The zero-order valence-electron chi connectivity index (χ0n) is 11.6. The summed E-state index contributed by atoms with van der Waals surface area (Å²) in [6.07, 6.45) is -0.156. The first kappa shape index (κ1) is 16.1. The van der Waals surface area contributed by atoms with Crippen molar-refractivity contribution in [3.63, 3.8) is 0 Å². The Labute approximate surface area is 115 Å². The molecule has 1 aromatic rings. The van der Waals surface area contributed by atoms with Crippen molar-refractivity contribution in [3.8, 4) is 0 Å². The SMILES string of the molecule is CCOC(C)CNS(=O)(=O)c1cccc(C(C)N)c1. The number of nitrogens with one attached hydrogen (secondary N) is 1. The van der Waals surface area contributed by atoms with E-state index in [0.717, 1.165) is 5.56 Å². The van der Waals surface area contributed by atoms with Crippen molar-refractivity contribution in [1.82, 2.24) is 4.72 Å². The second-order valence-corrected chi connectivity index (χ2v) is 6.25. The monoisotopic (exact) mass is 286 g/mol. The van der Waals surface area contributed by atoms with Crippen LogP contribution in [0.4, 0.5) is 0 Å². The summed E-state index contributed by atoms with van der Waals surface area (Å²) in [5.41, 5.74) is 6.54. The van der Waals surface area contributed by atoms with E-state index in [1.807, 2.05) is 26.8 Å². The average Bonchev–Trinajstić information content (AvgIpc) is 2.37. The lowest BCUT2D eigenvalue weighted by atomic mass is 10.1. The molecule has 3 N–H and O–H groups in total. The van der Waals surface area contributed by atoms with Crippen LogP contribution in [0, 0.1) is 0 Å². The molecule has 0 amide bonds. The lowest BCUT2D eigenvalue weighted by Crippen LogP contribution is -2.32. The third-order valence-electron chi connectivity index (χ3n) is 2.71. The molecule has 1 aromatic carbocycles. The van der Waals surface area contributed by atoms with Crippen molar-refractivity contribution in [2.45, 2.75) is 37.8 Å². The normalized spacial score (nSPS) is 15.2. The van der Waals surface area contributed by atoms with E-state index in [4.69, 9.17) is 10.5 Å². The smallest absolute Gasteiger partial charge is 0.240 e. The Morgan fingerprint density at radius 3 is 2.63 bits per heavy atom. The molecule has 0 fully saturated rings.